The second kappa shape index (κ2) is 8.84. The van der Waals surface area contributed by atoms with Crippen LogP contribution in [0.1, 0.15) is 24.2 Å². The minimum atomic E-state index is -0.466. The average Bonchev–Trinajstić information content (AvgIpc) is 3.19. The Hall–Kier alpha value is -2.57. The number of oxime groups is 1. The Bertz CT molecular complexity index is 956. The molecule has 1 aliphatic heterocycles. The lowest BCUT2D eigenvalue weighted by atomic mass is 9.92. The Kier molecular flexibility index (Phi) is 6.02. The van der Waals surface area contributed by atoms with Crippen molar-refractivity contribution in [3.63, 3.8) is 0 Å². The van der Waals surface area contributed by atoms with Gasteiger partial charge in [0.05, 0.1) is 0 Å². The van der Waals surface area contributed by atoms with Gasteiger partial charge in [-0.15, -0.1) is 0 Å². The van der Waals surface area contributed by atoms with Gasteiger partial charge in [-0.3, -0.25) is 0 Å². The van der Waals surface area contributed by atoms with Crippen LogP contribution in [-0.2, 0) is 14.5 Å². The van der Waals surface area contributed by atoms with E-state index in [0.717, 1.165) is 29.9 Å². The quantitative estimate of drug-likeness (QED) is 0.417. The summed E-state index contributed by atoms with van der Waals surface area (Å²) >= 11 is 1.76. The van der Waals surface area contributed by atoms with Gasteiger partial charge in [0.15, 0.2) is 0 Å². The summed E-state index contributed by atoms with van der Waals surface area (Å²) in [7, 11) is 1.58. The second-order valence-corrected chi connectivity index (χ2v) is 8.43. The lowest BCUT2D eigenvalue weighted by Gasteiger charge is -2.40. The third kappa shape index (κ3) is 4.38. The van der Waals surface area contributed by atoms with E-state index >= 15 is 0 Å². The molecule has 1 aromatic heterocycles. The van der Waals surface area contributed by atoms with E-state index in [-0.39, 0.29) is 0 Å². The first-order chi connectivity index (χ1) is 14.2. The molecule has 150 valence electrons. The third-order valence-corrected chi connectivity index (χ3v) is 6.53. The van der Waals surface area contributed by atoms with Crippen molar-refractivity contribution < 1.29 is 9.57 Å². The molecule has 2 aromatic carbocycles. The van der Waals surface area contributed by atoms with E-state index in [9.17, 15) is 0 Å². The van der Waals surface area contributed by atoms with Crippen LogP contribution in [0.5, 0.6) is 0 Å². The molecule has 6 heteroatoms. The maximum Gasteiger partial charge on any atom is 0.144 e. The van der Waals surface area contributed by atoms with Crippen molar-refractivity contribution in [3.8, 4) is 5.69 Å². The van der Waals surface area contributed by atoms with Gasteiger partial charge in [-0.05, 0) is 49.6 Å². The average molecular weight is 408 g/mol. The number of aryl methyl sites for hydroxylation is 1. The number of imidazole rings is 1. The fraction of sp³-hybridized carbons (Fsp3) is 0.304. The van der Waals surface area contributed by atoms with Crippen molar-refractivity contribution in [2.75, 3.05) is 13.7 Å². The first kappa shape index (κ1) is 19.7. The highest BCUT2D eigenvalue weighted by atomic mass is 32.2. The summed E-state index contributed by atoms with van der Waals surface area (Å²) in [5, 5.41) is 4.02. The number of rotatable bonds is 6. The fourth-order valence-electron chi connectivity index (χ4n) is 3.69. The smallest absolute Gasteiger partial charge is 0.144 e. The normalized spacial score (nSPS) is 22.1. The van der Waals surface area contributed by atoms with Gasteiger partial charge in [0.1, 0.15) is 17.9 Å². The topological polar surface area (TPSA) is 48.6 Å². The number of hydrogen-bond acceptors (Lipinski definition) is 5. The van der Waals surface area contributed by atoms with Crippen molar-refractivity contribution in [1.82, 2.24) is 9.55 Å². The number of nitrogens with zero attached hydrogens (tertiary/aromatic N) is 3. The minimum absolute atomic E-state index is 0.301. The predicted octanol–water partition coefficient (Wildman–Crippen LogP) is 5.18. The molecule has 2 atom stereocenters. The summed E-state index contributed by atoms with van der Waals surface area (Å²) in [6.07, 6.45) is 7.48. The van der Waals surface area contributed by atoms with E-state index in [2.05, 4.69) is 63.2 Å². The van der Waals surface area contributed by atoms with Crippen LogP contribution >= 0.6 is 11.8 Å². The van der Waals surface area contributed by atoms with E-state index in [4.69, 9.17) is 9.57 Å². The van der Waals surface area contributed by atoms with E-state index in [1.165, 1.54) is 4.90 Å². The zero-order valence-electron chi connectivity index (χ0n) is 16.7. The van der Waals surface area contributed by atoms with Crippen LogP contribution in [0.25, 0.3) is 5.69 Å². The van der Waals surface area contributed by atoms with Crippen LogP contribution in [0.15, 0.2) is 77.0 Å². The highest BCUT2D eigenvalue weighted by Gasteiger charge is 2.40. The molecule has 1 aliphatic rings. The van der Waals surface area contributed by atoms with Crippen molar-refractivity contribution in [3.05, 3.63) is 78.4 Å². The van der Waals surface area contributed by atoms with Crippen LogP contribution < -0.4 is 0 Å². The van der Waals surface area contributed by atoms with Gasteiger partial charge < -0.3 is 14.1 Å². The predicted molar refractivity (Wildman–Crippen MR) is 116 cm³/mol. The highest BCUT2D eigenvalue weighted by molar-refractivity contribution is 8.00. The summed E-state index contributed by atoms with van der Waals surface area (Å²) < 4.78 is 8.54. The van der Waals surface area contributed by atoms with Crippen molar-refractivity contribution in [2.24, 2.45) is 11.1 Å². The number of ether oxygens (including phenoxy) is 1. The Labute approximate surface area is 175 Å². The van der Waals surface area contributed by atoms with Crippen LogP contribution in [-0.4, -0.2) is 29.5 Å². The number of hydrogen-bond donors (Lipinski definition) is 0. The van der Waals surface area contributed by atoms with Crippen molar-refractivity contribution >= 4 is 18.0 Å². The first-order valence-electron chi connectivity index (χ1n) is 9.76. The Morgan fingerprint density at radius 3 is 2.69 bits per heavy atom. The van der Waals surface area contributed by atoms with Crippen LogP contribution in [0, 0.1) is 12.8 Å². The molecule has 0 N–H and O–H groups in total. The lowest BCUT2D eigenvalue weighted by molar-refractivity contribution is -0.0250. The van der Waals surface area contributed by atoms with Crippen molar-refractivity contribution in [1.29, 1.82) is 0 Å². The summed E-state index contributed by atoms with van der Waals surface area (Å²) in [5.74, 6) is 1.27. The van der Waals surface area contributed by atoms with Gasteiger partial charge in [0.25, 0.3) is 0 Å². The van der Waals surface area contributed by atoms with E-state index in [1.54, 1.807) is 18.9 Å². The Morgan fingerprint density at radius 2 is 2.00 bits per heavy atom. The van der Waals surface area contributed by atoms with Gasteiger partial charge in [0.2, 0.25) is 0 Å². The molecule has 0 spiro atoms. The maximum atomic E-state index is 6.46. The molecular weight excluding hydrogens is 382 g/mol. The third-order valence-electron chi connectivity index (χ3n) is 5.17. The number of aromatic nitrogens is 2. The molecule has 2 unspecified atom stereocenters. The molecule has 0 saturated carbocycles. The molecule has 1 fully saturated rings. The summed E-state index contributed by atoms with van der Waals surface area (Å²) in [5.41, 5.74) is 2.25. The monoisotopic (exact) mass is 407 g/mol. The molecule has 4 rings (SSSR count). The second-order valence-electron chi connectivity index (χ2n) is 7.10. The molecule has 0 bridgehead atoms. The fourth-order valence-corrected chi connectivity index (χ4v) is 5.06. The molecule has 1 saturated heterocycles. The van der Waals surface area contributed by atoms with Crippen molar-refractivity contribution in [2.45, 2.75) is 29.6 Å². The molecule has 0 aliphatic carbocycles. The standard InChI is InChI=1S/C23H25N3O2S/c1-18-24-13-14-26(18)21-10-8-20(9-11-21)23(29-22-6-4-3-5-7-22)16-19(12-15-28-23)17-25-27-2/h3-11,13-14,17,19H,12,15-16H2,1-2H3. The molecule has 0 amide bonds. The molecule has 5 nitrogen and oxygen atoms in total. The summed E-state index contributed by atoms with van der Waals surface area (Å²) in [6.45, 7) is 2.69. The van der Waals surface area contributed by atoms with E-state index < -0.39 is 4.93 Å². The minimum Gasteiger partial charge on any atom is -0.399 e. The zero-order chi connectivity index (χ0) is 20.1. The molecule has 29 heavy (non-hydrogen) atoms. The Balaban J connectivity index is 1.68. The maximum absolute atomic E-state index is 6.46. The van der Waals surface area contributed by atoms with E-state index in [0.29, 0.717) is 12.5 Å². The summed E-state index contributed by atoms with van der Waals surface area (Å²) in [4.78, 5) is 9.96. The Morgan fingerprint density at radius 1 is 1.21 bits per heavy atom. The SMILES string of the molecule is CON=CC1CCOC(Sc2ccccc2)(c2ccc(-n3ccnc3C)cc2)C1. The largest absolute Gasteiger partial charge is 0.399 e. The lowest BCUT2D eigenvalue weighted by Crippen LogP contribution is -2.35. The first-order valence-corrected chi connectivity index (χ1v) is 10.6. The van der Waals surface area contributed by atoms with Gasteiger partial charge in [-0.25, -0.2) is 4.98 Å². The number of thioether (sulfide) groups is 1. The molecular formula is C23H25N3O2S. The molecule has 3 aromatic rings. The molecule has 0 radical (unpaired) electrons. The van der Waals surface area contributed by atoms with Crippen LogP contribution in [0.3, 0.4) is 0 Å². The van der Waals surface area contributed by atoms with Gasteiger partial charge in [0, 0.05) is 41.7 Å². The van der Waals surface area contributed by atoms with Crippen LogP contribution in [0.2, 0.25) is 0 Å². The van der Waals surface area contributed by atoms with Gasteiger partial charge >= 0.3 is 0 Å². The van der Waals surface area contributed by atoms with Gasteiger partial charge in [-0.1, -0.05) is 47.2 Å². The van der Waals surface area contributed by atoms with Crippen LogP contribution in [0.4, 0.5) is 0 Å². The highest BCUT2D eigenvalue weighted by Crippen LogP contribution is 2.49. The van der Waals surface area contributed by atoms with E-state index in [1.807, 2.05) is 31.6 Å². The zero-order valence-corrected chi connectivity index (χ0v) is 17.5. The molecule has 2 heterocycles. The summed E-state index contributed by atoms with van der Waals surface area (Å²) in [6, 6.07) is 19.0. The number of benzene rings is 2. The van der Waals surface area contributed by atoms with Gasteiger partial charge in [-0.2, -0.15) is 0 Å².